The molecule has 354 valence electrons. The number of phenolic OH excluding ortho intramolecular Hbond substituents is 1. The average molecular weight is 978 g/mol. The maximum absolute atomic E-state index is 12.2. The van der Waals surface area contributed by atoms with E-state index in [0.717, 1.165) is 51.7 Å². The van der Waals surface area contributed by atoms with E-state index in [-0.39, 0.29) is 28.8 Å². The fourth-order valence-corrected chi connectivity index (χ4v) is 8.75. The third-order valence-electron chi connectivity index (χ3n) is 11.2. The summed E-state index contributed by atoms with van der Waals surface area (Å²) in [6.07, 6.45) is 0. The van der Waals surface area contributed by atoms with Gasteiger partial charge in [-0.3, -0.25) is 9.11 Å². The van der Waals surface area contributed by atoms with Gasteiger partial charge in [-0.05, 0) is 170 Å². The van der Waals surface area contributed by atoms with Gasteiger partial charge in [-0.15, -0.1) is 10.2 Å². The number of aliphatic hydroxyl groups is 1. The fourth-order valence-electron chi connectivity index (χ4n) is 7.41. The Kier molecular flexibility index (Phi) is 13.7. The molecule has 20 heteroatoms. The van der Waals surface area contributed by atoms with E-state index >= 15 is 0 Å². The van der Waals surface area contributed by atoms with Crippen molar-refractivity contribution in [3.8, 4) is 11.5 Å². The molecule has 0 amide bonds. The van der Waals surface area contributed by atoms with Crippen molar-refractivity contribution in [3.05, 3.63) is 155 Å². The van der Waals surface area contributed by atoms with E-state index in [1.165, 1.54) is 12.1 Å². The third kappa shape index (κ3) is 10.8. The van der Waals surface area contributed by atoms with Gasteiger partial charge in [-0.2, -0.15) is 47.5 Å². The molecule has 0 spiro atoms. The number of hydrogen-bond acceptors (Lipinski definition) is 16. The molecule has 0 atom stereocenters. The van der Waals surface area contributed by atoms with Gasteiger partial charge in [-0.1, -0.05) is 18.2 Å². The molecule has 0 bridgehead atoms. The van der Waals surface area contributed by atoms with E-state index in [1.807, 2.05) is 69.3 Å². The summed E-state index contributed by atoms with van der Waals surface area (Å²) in [6, 6.07) is 34.5. The van der Waals surface area contributed by atoms with Gasteiger partial charge < -0.3 is 20.3 Å². The highest BCUT2D eigenvalue weighted by atomic mass is 32.2. The Morgan fingerprint density at radius 3 is 1.64 bits per heavy atom. The molecule has 8 aromatic carbocycles. The van der Waals surface area contributed by atoms with Crippen LogP contribution < -0.4 is 10.1 Å². The van der Waals surface area contributed by atoms with E-state index in [0.29, 0.717) is 62.1 Å². The minimum atomic E-state index is -4.80. The lowest BCUT2D eigenvalue weighted by Crippen LogP contribution is -2.01. The molecule has 0 saturated heterocycles. The van der Waals surface area contributed by atoms with Gasteiger partial charge in [0.2, 0.25) is 0 Å². The van der Waals surface area contributed by atoms with Gasteiger partial charge in [0.25, 0.3) is 20.2 Å². The Balaban J connectivity index is 0.926. The van der Waals surface area contributed by atoms with Crippen molar-refractivity contribution < 1.29 is 40.9 Å². The lowest BCUT2D eigenvalue weighted by Gasteiger charge is -2.13. The number of aliphatic hydroxyl groups excluding tert-OH is 1. The van der Waals surface area contributed by atoms with Gasteiger partial charge in [-0.25, -0.2) is 0 Å². The first-order valence-corrected chi connectivity index (χ1v) is 24.1. The first-order valence-electron chi connectivity index (χ1n) is 21.2. The van der Waals surface area contributed by atoms with Crippen LogP contribution in [-0.2, 0) is 26.8 Å². The SMILES string of the molecule is COc1ccc(Nc2ccc3c(O)c(N=Nc4cc(C)c(N=Nc5ccc(N=Nc6ccc(N=Nc7cc8c(S(=O)(=O)O)cccc8cc7S(=O)(=O)O)c(C)c6)c(C)c5)cc4C)ccc3c2)c(CO)c1. The fraction of sp³-hybridized carbons (Fsp3) is 0.120. The van der Waals surface area contributed by atoms with Crippen LogP contribution in [0.3, 0.4) is 0 Å². The Morgan fingerprint density at radius 1 is 0.500 bits per heavy atom. The first-order chi connectivity index (χ1) is 33.4. The summed E-state index contributed by atoms with van der Waals surface area (Å²) >= 11 is 0. The van der Waals surface area contributed by atoms with E-state index in [2.05, 4.69) is 46.2 Å². The second-order valence-corrected chi connectivity index (χ2v) is 18.9. The average Bonchev–Trinajstić information content (AvgIpc) is 3.32. The van der Waals surface area contributed by atoms with Crippen LogP contribution in [0.4, 0.5) is 56.9 Å². The number of anilines is 2. The lowest BCUT2D eigenvalue weighted by atomic mass is 10.1. The van der Waals surface area contributed by atoms with Gasteiger partial charge in [0, 0.05) is 27.7 Å². The molecule has 5 N–H and O–H groups in total. The molecule has 0 aliphatic heterocycles. The standard InChI is InChI=1S/C50H43N9O9S2/c1-28-19-37(11-16-41(28)54-52-36-12-17-42(29(2)20-36)55-59-47-26-40-32(25-49(47)70(65,66)67)7-6-8-48(40)69(62,63)64)53-57-45-21-31(4)46(22-30(45)3)58-56-44-15-9-33-23-35(10-14-39(33)50(44)61)51-43-18-13-38(68-5)24-34(43)27-60/h6-26,51,60-61H,27H2,1-5H3,(H,62,63,64)(H,65,66,67). The number of nitrogens with zero attached hydrogens (tertiary/aromatic N) is 8. The van der Waals surface area contributed by atoms with Crippen molar-refractivity contribution in [3.63, 3.8) is 0 Å². The number of ether oxygens (including phenoxy) is 1. The molecule has 70 heavy (non-hydrogen) atoms. The number of aromatic hydroxyl groups is 1. The van der Waals surface area contributed by atoms with Crippen LogP contribution in [0.25, 0.3) is 21.5 Å². The summed E-state index contributed by atoms with van der Waals surface area (Å²) in [4.78, 5) is -1.06. The van der Waals surface area contributed by atoms with Gasteiger partial charge in [0.15, 0.2) is 5.75 Å². The van der Waals surface area contributed by atoms with Crippen LogP contribution in [0, 0.1) is 27.7 Å². The van der Waals surface area contributed by atoms with Crippen molar-refractivity contribution in [2.45, 2.75) is 44.1 Å². The van der Waals surface area contributed by atoms with E-state index in [1.54, 1.807) is 62.6 Å². The summed E-state index contributed by atoms with van der Waals surface area (Å²) in [5.74, 6) is 0.635. The number of hydrogen-bond donors (Lipinski definition) is 5. The highest BCUT2D eigenvalue weighted by Crippen LogP contribution is 2.40. The number of azo groups is 4. The number of fused-ring (bicyclic) bond motifs is 2. The Bertz CT molecular complexity index is 3750. The topological polar surface area (TPSA) is 269 Å². The molecule has 8 aromatic rings. The Labute approximate surface area is 402 Å². The van der Waals surface area contributed by atoms with Crippen LogP contribution in [0.2, 0.25) is 0 Å². The Hall–Kier alpha value is -8.14. The maximum atomic E-state index is 12.2. The molecule has 0 saturated carbocycles. The van der Waals surface area contributed by atoms with E-state index in [4.69, 9.17) is 4.74 Å². The summed E-state index contributed by atoms with van der Waals surface area (Å²) in [5.41, 5.74) is 8.37. The van der Waals surface area contributed by atoms with Crippen molar-refractivity contribution >= 4 is 98.7 Å². The van der Waals surface area contributed by atoms with Gasteiger partial charge >= 0.3 is 0 Å². The smallest absolute Gasteiger partial charge is 0.296 e. The largest absolute Gasteiger partial charge is 0.505 e. The molecular weight excluding hydrogens is 935 g/mol. The zero-order valence-electron chi connectivity index (χ0n) is 38.1. The predicted molar refractivity (Wildman–Crippen MR) is 266 cm³/mol. The van der Waals surface area contributed by atoms with E-state index < -0.39 is 30.0 Å². The molecule has 0 aromatic heterocycles. The number of aryl methyl sites for hydroxylation is 4. The van der Waals surface area contributed by atoms with Crippen LogP contribution in [0.15, 0.2) is 178 Å². The minimum absolute atomic E-state index is 0.00849. The number of nitrogens with one attached hydrogen (secondary N) is 1. The molecule has 0 aliphatic rings. The second-order valence-electron chi connectivity index (χ2n) is 16.1. The summed E-state index contributed by atoms with van der Waals surface area (Å²) < 4.78 is 73.3. The minimum Gasteiger partial charge on any atom is -0.505 e. The number of phenols is 1. The third-order valence-corrected chi connectivity index (χ3v) is 13.0. The molecule has 18 nitrogen and oxygen atoms in total. The number of benzene rings is 8. The Morgan fingerprint density at radius 2 is 1.04 bits per heavy atom. The summed E-state index contributed by atoms with van der Waals surface area (Å²) in [7, 11) is -7.90. The van der Waals surface area contributed by atoms with Crippen molar-refractivity contribution in [1.82, 2.24) is 0 Å². The highest BCUT2D eigenvalue weighted by molar-refractivity contribution is 7.86. The second kappa shape index (κ2) is 19.8. The van der Waals surface area contributed by atoms with Crippen LogP contribution >= 0.6 is 0 Å². The molecule has 0 heterocycles. The van der Waals surface area contributed by atoms with Crippen molar-refractivity contribution in [1.29, 1.82) is 0 Å². The molecule has 0 fully saturated rings. The van der Waals surface area contributed by atoms with Gasteiger partial charge in [0.05, 0.1) is 47.8 Å². The van der Waals surface area contributed by atoms with Crippen molar-refractivity contribution in [2.75, 3.05) is 12.4 Å². The predicted octanol–water partition coefficient (Wildman–Crippen LogP) is 14.3. The van der Waals surface area contributed by atoms with Gasteiger partial charge in [0.1, 0.15) is 26.9 Å². The van der Waals surface area contributed by atoms with Crippen molar-refractivity contribution in [2.24, 2.45) is 40.9 Å². The highest BCUT2D eigenvalue weighted by Gasteiger charge is 2.21. The van der Waals surface area contributed by atoms with Crippen LogP contribution in [0.1, 0.15) is 27.8 Å². The molecule has 0 aliphatic carbocycles. The first kappa shape index (κ1) is 48.3. The quantitative estimate of drug-likeness (QED) is 0.0508. The zero-order valence-corrected chi connectivity index (χ0v) is 39.7. The number of methoxy groups -OCH3 is 1. The van der Waals surface area contributed by atoms with Crippen LogP contribution in [0.5, 0.6) is 11.5 Å². The lowest BCUT2D eigenvalue weighted by molar-refractivity contribution is 0.281. The normalized spacial score (nSPS) is 12.4. The molecule has 0 unspecified atom stereocenters. The molecular formula is C50H43N9O9S2. The van der Waals surface area contributed by atoms with Crippen LogP contribution in [-0.4, -0.2) is 43.3 Å². The zero-order chi connectivity index (χ0) is 49.9. The molecule has 0 radical (unpaired) electrons. The maximum Gasteiger partial charge on any atom is 0.296 e. The molecule has 8 rings (SSSR count). The summed E-state index contributed by atoms with van der Waals surface area (Å²) in [5, 5.41) is 60.6. The van der Waals surface area contributed by atoms with E-state index in [9.17, 15) is 36.2 Å². The monoisotopic (exact) mass is 977 g/mol. The summed E-state index contributed by atoms with van der Waals surface area (Å²) in [6.45, 7) is 7.21. The number of rotatable bonds is 14.